The van der Waals surface area contributed by atoms with Crippen LogP contribution in [0.4, 0.5) is 0 Å². The maximum Gasteiger partial charge on any atom is 0.339 e. The van der Waals surface area contributed by atoms with Crippen LogP contribution in [0.25, 0.3) is 0 Å². The Kier molecular flexibility index (Phi) is 4.78. The van der Waals surface area contributed by atoms with Crippen molar-refractivity contribution in [1.82, 2.24) is 0 Å². The fraction of sp³-hybridized carbons (Fsp3) is 0.308. The van der Waals surface area contributed by atoms with Crippen molar-refractivity contribution in [2.24, 2.45) is 0 Å². The molecule has 0 aromatic heterocycles. The van der Waals surface area contributed by atoms with Gasteiger partial charge in [-0.25, -0.2) is 4.79 Å². The molecular weight excluding hydrogens is 236 g/mol. The van der Waals surface area contributed by atoms with Crippen LogP contribution in [0, 0.1) is 0 Å². The van der Waals surface area contributed by atoms with Crippen molar-refractivity contribution >= 4 is 17.7 Å². The van der Waals surface area contributed by atoms with E-state index in [1.165, 1.54) is 18.9 Å². The number of methoxy groups -OCH3 is 1. The van der Waals surface area contributed by atoms with Gasteiger partial charge in [0.2, 0.25) is 0 Å². The van der Waals surface area contributed by atoms with E-state index in [1.54, 1.807) is 37.5 Å². The number of thioether (sulfide) groups is 1. The van der Waals surface area contributed by atoms with E-state index in [-0.39, 0.29) is 5.97 Å². The molecule has 0 aliphatic carbocycles. The smallest absolute Gasteiger partial charge is 0.339 e. The third kappa shape index (κ3) is 4.63. The minimum absolute atomic E-state index is 0.357. The van der Waals surface area contributed by atoms with Gasteiger partial charge in [0.1, 0.15) is 0 Å². The highest BCUT2D eigenvalue weighted by molar-refractivity contribution is 8.02. The second-order valence-corrected chi connectivity index (χ2v) is 5.01. The molecule has 0 saturated carbocycles. The molecular formula is C13H16O3S. The van der Waals surface area contributed by atoms with Crippen LogP contribution in [0.1, 0.15) is 24.2 Å². The number of ether oxygens (including phenoxy) is 1. The van der Waals surface area contributed by atoms with Gasteiger partial charge in [0, 0.05) is 4.90 Å². The summed E-state index contributed by atoms with van der Waals surface area (Å²) in [6, 6.07) is 7.19. The largest absolute Gasteiger partial charge is 0.465 e. The van der Waals surface area contributed by atoms with Crippen LogP contribution >= 0.6 is 11.8 Å². The molecule has 0 bridgehead atoms. The Hall–Kier alpha value is -1.26. The fourth-order valence-electron chi connectivity index (χ4n) is 1.12. The number of rotatable bonds is 4. The Morgan fingerprint density at radius 3 is 2.65 bits per heavy atom. The highest BCUT2D eigenvalue weighted by atomic mass is 32.2. The first-order valence-electron chi connectivity index (χ1n) is 5.18. The van der Waals surface area contributed by atoms with E-state index in [0.29, 0.717) is 5.56 Å². The standard InChI is InChI=1S/C13H16O3S/c1-13(2,15)8-9-17-11-7-5-4-6-10(11)12(14)16-3/h4-9,15H,1-3H3/b9-8+. The molecule has 0 aliphatic rings. The summed E-state index contributed by atoms with van der Waals surface area (Å²) in [7, 11) is 1.36. The molecule has 1 N–H and O–H groups in total. The van der Waals surface area contributed by atoms with Crippen molar-refractivity contribution in [3.05, 3.63) is 41.3 Å². The topological polar surface area (TPSA) is 46.5 Å². The third-order valence-electron chi connectivity index (χ3n) is 1.96. The van der Waals surface area contributed by atoms with Gasteiger partial charge in [0.25, 0.3) is 0 Å². The van der Waals surface area contributed by atoms with Crippen LogP contribution in [-0.2, 0) is 4.74 Å². The summed E-state index contributed by atoms with van der Waals surface area (Å²) >= 11 is 1.38. The van der Waals surface area contributed by atoms with Crippen molar-refractivity contribution in [1.29, 1.82) is 0 Å². The highest BCUT2D eigenvalue weighted by Gasteiger charge is 2.11. The second-order valence-electron chi connectivity index (χ2n) is 4.06. The molecule has 0 aliphatic heterocycles. The van der Waals surface area contributed by atoms with Gasteiger partial charge >= 0.3 is 5.97 Å². The third-order valence-corrected chi connectivity index (χ3v) is 2.85. The van der Waals surface area contributed by atoms with Crippen LogP contribution in [-0.4, -0.2) is 23.8 Å². The molecule has 17 heavy (non-hydrogen) atoms. The summed E-state index contributed by atoms with van der Waals surface area (Å²) < 4.78 is 4.70. The van der Waals surface area contributed by atoms with Crippen LogP contribution in [0.3, 0.4) is 0 Å². The number of carbonyl (C=O) groups is 1. The molecule has 0 spiro atoms. The average Bonchev–Trinajstić information content (AvgIpc) is 2.27. The zero-order valence-corrected chi connectivity index (χ0v) is 11.0. The van der Waals surface area contributed by atoms with Gasteiger partial charge in [-0.1, -0.05) is 23.9 Å². The number of carbonyl (C=O) groups excluding carboxylic acids is 1. The van der Waals surface area contributed by atoms with Gasteiger partial charge in [-0.3, -0.25) is 0 Å². The Labute approximate surface area is 105 Å². The zero-order chi connectivity index (χ0) is 12.9. The summed E-state index contributed by atoms with van der Waals surface area (Å²) in [4.78, 5) is 12.3. The van der Waals surface area contributed by atoms with Crippen LogP contribution in [0.2, 0.25) is 0 Å². The summed E-state index contributed by atoms with van der Waals surface area (Å²) in [5.74, 6) is -0.357. The predicted octanol–water partition coefficient (Wildman–Crippen LogP) is 2.85. The van der Waals surface area contributed by atoms with Crippen molar-refractivity contribution in [3.8, 4) is 0 Å². The lowest BCUT2D eigenvalue weighted by Gasteiger charge is -2.10. The van der Waals surface area contributed by atoms with Crippen LogP contribution < -0.4 is 0 Å². The second kappa shape index (κ2) is 5.89. The van der Waals surface area contributed by atoms with Crippen molar-refractivity contribution in [2.75, 3.05) is 7.11 Å². The van der Waals surface area contributed by atoms with E-state index in [2.05, 4.69) is 0 Å². The first-order valence-corrected chi connectivity index (χ1v) is 6.06. The number of esters is 1. The molecule has 1 rings (SSSR count). The van der Waals surface area contributed by atoms with Gasteiger partial charge in [-0.2, -0.15) is 0 Å². The number of benzene rings is 1. The maximum absolute atomic E-state index is 11.5. The molecule has 0 saturated heterocycles. The minimum Gasteiger partial charge on any atom is -0.465 e. The van der Waals surface area contributed by atoms with Gasteiger partial charge in [-0.15, -0.1) is 0 Å². The molecule has 0 atom stereocenters. The molecule has 3 nitrogen and oxygen atoms in total. The Morgan fingerprint density at radius 1 is 1.41 bits per heavy atom. The molecule has 92 valence electrons. The van der Waals surface area contributed by atoms with Crippen molar-refractivity contribution < 1.29 is 14.6 Å². The molecule has 1 aromatic rings. The van der Waals surface area contributed by atoms with Crippen LogP contribution in [0.15, 0.2) is 40.6 Å². The molecule has 0 radical (unpaired) electrons. The first kappa shape index (κ1) is 13.8. The Balaban J connectivity index is 2.85. The number of hydrogen-bond donors (Lipinski definition) is 1. The average molecular weight is 252 g/mol. The monoisotopic (exact) mass is 252 g/mol. The lowest BCUT2D eigenvalue weighted by atomic mass is 10.1. The van der Waals surface area contributed by atoms with Gasteiger partial charge in [-0.05, 0) is 37.5 Å². The summed E-state index contributed by atoms with van der Waals surface area (Å²) in [6.07, 6.45) is 1.67. The number of aliphatic hydroxyl groups is 1. The lowest BCUT2D eigenvalue weighted by molar-refractivity contribution is 0.0597. The summed E-state index contributed by atoms with van der Waals surface area (Å²) in [5.41, 5.74) is -0.326. The van der Waals surface area contributed by atoms with E-state index in [0.717, 1.165) is 4.90 Å². The number of hydrogen-bond acceptors (Lipinski definition) is 4. The first-order chi connectivity index (χ1) is 7.94. The molecule has 4 heteroatoms. The molecule has 1 aromatic carbocycles. The molecule has 0 fully saturated rings. The minimum atomic E-state index is -0.854. The quantitative estimate of drug-likeness (QED) is 0.661. The zero-order valence-electron chi connectivity index (χ0n) is 10.1. The molecule has 0 unspecified atom stereocenters. The fourth-order valence-corrected chi connectivity index (χ4v) is 2.10. The van der Waals surface area contributed by atoms with Crippen molar-refractivity contribution in [3.63, 3.8) is 0 Å². The van der Waals surface area contributed by atoms with Gasteiger partial charge < -0.3 is 9.84 Å². The van der Waals surface area contributed by atoms with Gasteiger partial charge in [0.15, 0.2) is 0 Å². The van der Waals surface area contributed by atoms with E-state index in [1.807, 2.05) is 12.1 Å². The van der Waals surface area contributed by atoms with Crippen molar-refractivity contribution in [2.45, 2.75) is 24.3 Å². The summed E-state index contributed by atoms with van der Waals surface area (Å²) in [5, 5.41) is 11.3. The summed E-state index contributed by atoms with van der Waals surface area (Å²) in [6.45, 7) is 3.38. The SMILES string of the molecule is COC(=O)c1ccccc1S/C=C/C(C)(C)O. The molecule has 0 amide bonds. The van der Waals surface area contributed by atoms with E-state index >= 15 is 0 Å². The lowest BCUT2D eigenvalue weighted by Crippen LogP contribution is -2.13. The van der Waals surface area contributed by atoms with E-state index in [9.17, 15) is 9.90 Å². The Bertz CT molecular complexity index is 419. The highest BCUT2D eigenvalue weighted by Crippen LogP contribution is 2.25. The van der Waals surface area contributed by atoms with Gasteiger partial charge in [0.05, 0.1) is 18.3 Å². The molecule has 0 heterocycles. The van der Waals surface area contributed by atoms with E-state index < -0.39 is 5.60 Å². The predicted molar refractivity (Wildman–Crippen MR) is 69.1 cm³/mol. The normalized spacial score (nSPS) is 11.8. The van der Waals surface area contributed by atoms with E-state index in [4.69, 9.17) is 4.74 Å². The Morgan fingerprint density at radius 2 is 2.06 bits per heavy atom. The van der Waals surface area contributed by atoms with Crippen LogP contribution in [0.5, 0.6) is 0 Å². The maximum atomic E-state index is 11.5.